The Morgan fingerprint density at radius 3 is 2.68 bits per heavy atom. The highest BCUT2D eigenvalue weighted by Gasteiger charge is 2.19. The third-order valence-electron chi connectivity index (χ3n) is 4.26. The van der Waals surface area contributed by atoms with Crippen molar-refractivity contribution < 1.29 is 0 Å². The van der Waals surface area contributed by atoms with Crippen molar-refractivity contribution in [2.45, 2.75) is 52.0 Å². The predicted octanol–water partition coefficient (Wildman–Crippen LogP) is 4.69. The molecule has 0 heterocycles. The van der Waals surface area contributed by atoms with Crippen molar-refractivity contribution in [1.29, 1.82) is 0 Å². The molecule has 1 saturated carbocycles. The zero-order valence-corrected chi connectivity index (χ0v) is 12.9. The SMILES string of the molecule is CC1CCCC(CNC(C)Cc2ccc(Cl)cc2)C1. The second kappa shape index (κ2) is 7.31. The standard InChI is InChI=1S/C17H26ClN/c1-13-4-3-5-16(10-13)12-19-14(2)11-15-6-8-17(18)9-7-15/h6-9,13-14,16,19H,3-5,10-12H2,1-2H3. The number of hydrogen-bond donors (Lipinski definition) is 1. The maximum atomic E-state index is 5.91. The molecule has 0 aromatic heterocycles. The Labute approximate surface area is 122 Å². The van der Waals surface area contributed by atoms with Crippen LogP contribution in [-0.4, -0.2) is 12.6 Å². The number of hydrogen-bond acceptors (Lipinski definition) is 1. The Kier molecular flexibility index (Phi) is 5.72. The van der Waals surface area contributed by atoms with Crippen LogP contribution in [0.3, 0.4) is 0 Å². The molecule has 19 heavy (non-hydrogen) atoms. The van der Waals surface area contributed by atoms with Crippen molar-refractivity contribution in [3.63, 3.8) is 0 Å². The third-order valence-corrected chi connectivity index (χ3v) is 4.51. The van der Waals surface area contributed by atoms with Gasteiger partial charge in [0.1, 0.15) is 0 Å². The molecule has 2 rings (SSSR count). The Bertz CT molecular complexity index is 373. The van der Waals surface area contributed by atoms with Gasteiger partial charge in [-0.3, -0.25) is 0 Å². The van der Waals surface area contributed by atoms with Crippen LogP contribution in [0.25, 0.3) is 0 Å². The lowest BCUT2D eigenvalue weighted by Gasteiger charge is -2.28. The average molecular weight is 280 g/mol. The van der Waals surface area contributed by atoms with Crippen LogP contribution in [0.1, 0.15) is 45.1 Å². The lowest BCUT2D eigenvalue weighted by Crippen LogP contribution is -2.34. The summed E-state index contributed by atoms with van der Waals surface area (Å²) in [4.78, 5) is 0. The van der Waals surface area contributed by atoms with Crippen molar-refractivity contribution in [1.82, 2.24) is 5.32 Å². The predicted molar refractivity (Wildman–Crippen MR) is 83.7 cm³/mol. The van der Waals surface area contributed by atoms with E-state index in [4.69, 9.17) is 11.6 Å². The van der Waals surface area contributed by atoms with Crippen LogP contribution in [0.4, 0.5) is 0 Å². The van der Waals surface area contributed by atoms with Gasteiger partial charge in [-0.05, 0) is 62.3 Å². The highest BCUT2D eigenvalue weighted by atomic mass is 35.5. The van der Waals surface area contributed by atoms with Gasteiger partial charge in [0.2, 0.25) is 0 Å². The lowest BCUT2D eigenvalue weighted by atomic mass is 9.82. The van der Waals surface area contributed by atoms with Crippen LogP contribution in [0.15, 0.2) is 24.3 Å². The second-order valence-electron chi connectivity index (χ2n) is 6.28. The Morgan fingerprint density at radius 2 is 2.00 bits per heavy atom. The Hall–Kier alpha value is -0.530. The first-order valence-electron chi connectivity index (χ1n) is 7.61. The maximum Gasteiger partial charge on any atom is 0.0406 e. The zero-order valence-electron chi connectivity index (χ0n) is 12.2. The molecule has 1 N–H and O–H groups in total. The van der Waals surface area contributed by atoms with Gasteiger partial charge in [0.05, 0.1) is 0 Å². The van der Waals surface area contributed by atoms with Crippen LogP contribution in [0.2, 0.25) is 5.02 Å². The first-order valence-corrected chi connectivity index (χ1v) is 7.99. The molecule has 1 aromatic carbocycles. The van der Waals surface area contributed by atoms with Crippen molar-refractivity contribution in [2.24, 2.45) is 11.8 Å². The van der Waals surface area contributed by atoms with Crippen molar-refractivity contribution >= 4 is 11.6 Å². The summed E-state index contributed by atoms with van der Waals surface area (Å²) in [6.45, 7) is 5.85. The molecule has 1 nitrogen and oxygen atoms in total. The van der Waals surface area contributed by atoms with E-state index in [1.54, 1.807) is 0 Å². The molecule has 2 heteroatoms. The minimum absolute atomic E-state index is 0.540. The third kappa shape index (κ3) is 5.16. The van der Waals surface area contributed by atoms with Gasteiger partial charge in [-0.1, -0.05) is 43.5 Å². The fourth-order valence-electron chi connectivity index (χ4n) is 3.16. The minimum atomic E-state index is 0.540. The van der Waals surface area contributed by atoms with E-state index in [-0.39, 0.29) is 0 Å². The monoisotopic (exact) mass is 279 g/mol. The lowest BCUT2D eigenvalue weighted by molar-refractivity contribution is 0.268. The molecule has 1 fully saturated rings. The molecule has 3 atom stereocenters. The molecule has 106 valence electrons. The average Bonchev–Trinajstić information content (AvgIpc) is 2.39. The van der Waals surface area contributed by atoms with Crippen LogP contribution < -0.4 is 5.32 Å². The summed E-state index contributed by atoms with van der Waals surface area (Å²) in [5, 5.41) is 4.52. The first-order chi connectivity index (χ1) is 9.13. The summed E-state index contributed by atoms with van der Waals surface area (Å²) >= 11 is 5.91. The second-order valence-corrected chi connectivity index (χ2v) is 6.71. The number of halogens is 1. The van der Waals surface area contributed by atoms with Gasteiger partial charge in [0, 0.05) is 11.1 Å². The van der Waals surface area contributed by atoms with Gasteiger partial charge >= 0.3 is 0 Å². The van der Waals surface area contributed by atoms with E-state index < -0.39 is 0 Å². The first kappa shape index (κ1) is 14.9. The summed E-state index contributed by atoms with van der Waals surface area (Å²) in [5.74, 6) is 1.81. The maximum absolute atomic E-state index is 5.91. The van der Waals surface area contributed by atoms with E-state index in [2.05, 4.69) is 31.3 Å². The number of nitrogens with one attached hydrogen (secondary N) is 1. The van der Waals surface area contributed by atoms with E-state index in [1.807, 2.05) is 12.1 Å². The molecule has 0 amide bonds. The summed E-state index contributed by atoms with van der Waals surface area (Å²) in [6.07, 6.45) is 6.74. The number of benzene rings is 1. The highest BCUT2D eigenvalue weighted by molar-refractivity contribution is 6.30. The van der Waals surface area contributed by atoms with Crippen molar-refractivity contribution in [3.05, 3.63) is 34.9 Å². The molecule has 1 aliphatic carbocycles. The van der Waals surface area contributed by atoms with Gasteiger partial charge in [0.15, 0.2) is 0 Å². The van der Waals surface area contributed by atoms with Crippen LogP contribution in [-0.2, 0) is 6.42 Å². The van der Waals surface area contributed by atoms with E-state index >= 15 is 0 Å². The molecule has 1 aliphatic rings. The molecule has 0 radical (unpaired) electrons. The van der Waals surface area contributed by atoms with Gasteiger partial charge < -0.3 is 5.32 Å². The summed E-state index contributed by atoms with van der Waals surface area (Å²) in [7, 11) is 0. The normalized spacial score (nSPS) is 25.2. The van der Waals surface area contributed by atoms with Crippen LogP contribution >= 0.6 is 11.6 Å². The van der Waals surface area contributed by atoms with Crippen LogP contribution in [0.5, 0.6) is 0 Å². The molecular formula is C17H26ClN. The summed E-state index contributed by atoms with van der Waals surface area (Å²) < 4.78 is 0. The molecule has 0 aliphatic heterocycles. The fourth-order valence-corrected chi connectivity index (χ4v) is 3.29. The minimum Gasteiger partial charge on any atom is -0.314 e. The van der Waals surface area contributed by atoms with Gasteiger partial charge in [0.25, 0.3) is 0 Å². The van der Waals surface area contributed by atoms with E-state index in [0.717, 1.165) is 23.3 Å². The Balaban J connectivity index is 1.72. The van der Waals surface area contributed by atoms with Crippen LogP contribution in [0, 0.1) is 11.8 Å². The van der Waals surface area contributed by atoms with Crippen molar-refractivity contribution in [2.75, 3.05) is 6.54 Å². The van der Waals surface area contributed by atoms with Gasteiger partial charge in [-0.2, -0.15) is 0 Å². The highest BCUT2D eigenvalue weighted by Crippen LogP contribution is 2.28. The van der Waals surface area contributed by atoms with Gasteiger partial charge in [-0.25, -0.2) is 0 Å². The zero-order chi connectivity index (χ0) is 13.7. The van der Waals surface area contributed by atoms with Gasteiger partial charge in [-0.15, -0.1) is 0 Å². The molecule has 0 spiro atoms. The molecule has 0 bridgehead atoms. The quantitative estimate of drug-likeness (QED) is 0.825. The van der Waals surface area contributed by atoms with E-state index in [9.17, 15) is 0 Å². The van der Waals surface area contributed by atoms with E-state index in [0.29, 0.717) is 6.04 Å². The fraction of sp³-hybridized carbons (Fsp3) is 0.647. The molecular weight excluding hydrogens is 254 g/mol. The Morgan fingerprint density at radius 1 is 1.26 bits per heavy atom. The topological polar surface area (TPSA) is 12.0 Å². The van der Waals surface area contributed by atoms with Crippen molar-refractivity contribution in [3.8, 4) is 0 Å². The smallest absolute Gasteiger partial charge is 0.0406 e. The summed E-state index contributed by atoms with van der Waals surface area (Å²) in [5.41, 5.74) is 1.36. The summed E-state index contributed by atoms with van der Waals surface area (Å²) in [6, 6.07) is 8.75. The largest absolute Gasteiger partial charge is 0.314 e. The molecule has 3 unspecified atom stereocenters. The van der Waals surface area contributed by atoms with E-state index in [1.165, 1.54) is 37.8 Å². The molecule has 1 aromatic rings. The molecule has 0 saturated heterocycles. The number of rotatable bonds is 5.